The van der Waals surface area contributed by atoms with Crippen molar-refractivity contribution < 1.29 is 23.4 Å². The molecule has 0 spiro atoms. The van der Waals surface area contributed by atoms with Crippen molar-refractivity contribution in [3.63, 3.8) is 0 Å². The third-order valence-electron chi connectivity index (χ3n) is 11.5. The Hall–Kier alpha value is -0.290. The van der Waals surface area contributed by atoms with Gasteiger partial charge in [-0.25, -0.2) is 0 Å². The number of hydrogen-bond acceptors (Lipinski definition) is 2. The molecule has 0 heterocycles. The lowest BCUT2D eigenvalue weighted by molar-refractivity contribution is -0.171. The lowest BCUT2D eigenvalue weighted by atomic mass is 9.44. The molecule has 0 saturated heterocycles. The van der Waals surface area contributed by atoms with Crippen molar-refractivity contribution in [3.05, 3.63) is 0 Å². The summed E-state index contributed by atoms with van der Waals surface area (Å²) in [4.78, 5) is 0. The first-order chi connectivity index (χ1) is 17.6. The monoisotopic (exact) mass is 534 g/mol. The highest BCUT2D eigenvalue weighted by atomic mass is 19.4. The third-order valence-corrected chi connectivity index (χ3v) is 11.5. The first-order valence-corrected chi connectivity index (χ1v) is 15.6. The van der Waals surface area contributed by atoms with Crippen LogP contribution in [0, 0.1) is 52.3 Å². The van der Waals surface area contributed by atoms with E-state index in [9.17, 15) is 13.2 Å². The van der Waals surface area contributed by atoms with E-state index >= 15 is 0 Å². The molecular formula is C32H61F3O2. The Morgan fingerprint density at radius 3 is 2.00 bits per heavy atom. The molecule has 0 aromatic heterocycles. The molecule has 0 radical (unpaired) electrons. The predicted octanol–water partition coefficient (Wildman–Crippen LogP) is 9.67. The summed E-state index contributed by atoms with van der Waals surface area (Å²) in [6.45, 7) is 13.0. The molecule has 4 aliphatic rings. The number of alkyl halides is 3. The van der Waals surface area contributed by atoms with Crippen LogP contribution in [0.1, 0.15) is 131 Å². The molecule has 0 amide bonds. The van der Waals surface area contributed by atoms with Crippen LogP contribution in [0.25, 0.3) is 0 Å². The molecule has 2 N–H and O–H groups in total. The van der Waals surface area contributed by atoms with Crippen LogP contribution in [0.2, 0.25) is 0 Å². The highest BCUT2D eigenvalue weighted by Crippen LogP contribution is 2.68. The van der Waals surface area contributed by atoms with Crippen LogP contribution in [0.3, 0.4) is 0 Å². The highest BCUT2D eigenvalue weighted by molar-refractivity contribution is 5.09. The summed E-state index contributed by atoms with van der Waals surface area (Å²) in [6, 6.07) is 0. The first-order valence-electron chi connectivity index (χ1n) is 15.6. The minimum absolute atomic E-state index is 0.305. The number of aliphatic hydroxyl groups is 2. The van der Waals surface area contributed by atoms with Crippen LogP contribution in [-0.2, 0) is 0 Å². The summed E-state index contributed by atoms with van der Waals surface area (Å²) >= 11 is 0. The predicted molar refractivity (Wildman–Crippen MR) is 150 cm³/mol. The fourth-order valence-electron chi connectivity index (χ4n) is 9.31. The molecule has 222 valence electrons. The Morgan fingerprint density at radius 2 is 1.41 bits per heavy atom. The van der Waals surface area contributed by atoms with Gasteiger partial charge in [-0.15, -0.1) is 0 Å². The number of rotatable bonds is 6. The van der Waals surface area contributed by atoms with E-state index in [2.05, 4.69) is 20.8 Å². The van der Waals surface area contributed by atoms with Gasteiger partial charge in [0, 0.05) is 14.2 Å². The normalized spacial score (nSPS) is 39.2. The lowest BCUT2D eigenvalue weighted by Crippen LogP contribution is -2.53. The summed E-state index contributed by atoms with van der Waals surface area (Å²) < 4.78 is 38.4. The van der Waals surface area contributed by atoms with Crippen molar-refractivity contribution in [2.45, 2.75) is 138 Å². The molecule has 7 unspecified atom stereocenters. The number of halogens is 3. The molecule has 4 fully saturated rings. The van der Waals surface area contributed by atoms with Crippen LogP contribution in [0.4, 0.5) is 13.2 Å². The van der Waals surface area contributed by atoms with Crippen molar-refractivity contribution in [1.82, 2.24) is 0 Å². The molecule has 2 nitrogen and oxygen atoms in total. The molecule has 0 aromatic carbocycles. The van der Waals surface area contributed by atoms with Gasteiger partial charge >= 0.3 is 6.18 Å². The quantitative estimate of drug-likeness (QED) is 0.333. The van der Waals surface area contributed by atoms with Gasteiger partial charge in [-0.1, -0.05) is 60.8 Å². The standard InChI is InChI=1S/C28H47F3.C2H6.2CH4O/c1-5-20-14-16-27(4)22(18-20)10-12-23-24-13-11-21(26(24,3)17-15-25(23)27)9-7-6-8-19(2)28(29,30)31;3*1-2/h19-25H,5-18H2,1-4H3;1-2H3;2*2H,1H3/t19-,20?,21-,22?,23?,24?,25?,26?,27?;;;/m0.../s1. The van der Waals surface area contributed by atoms with E-state index in [0.29, 0.717) is 17.3 Å². The third kappa shape index (κ3) is 7.68. The van der Waals surface area contributed by atoms with Crippen LogP contribution >= 0.6 is 0 Å². The maximum absolute atomic E-state index is 12.8. The molecule has 0 bridgehead atoms. The van der Waals surface area contributed by atoms with Gasteiger partial charge in [0.15, 0.2) is 0 Å². The Labute approximate surface area is 227 Å². The Balaban J connectivity index is 0.00000106. The smallest absolute Gasteiger partial charge is 0.391 e. The van der Waals surface area contributed by atoms with E-state index < -0.39 is 12.1 Å². The summed E-state index contributed by atoms with van der Waals surface area (Å²) in [5, 5.41) is 14.0. The zero-order chi connectivity index (χ0) is 28.4. The van der Waals surface area contributed by atoms with Gasteiger partial charge in [-0.2, -0.15) is 13.2 Å². The fourth-order valence-corrected chi connectivity index (χ4v) is 9.31. The largest absolute Gasteiger partial charge is 0.400 e. The molecule has 37 heavy (non-hydrogen) atoms. The second kappa shape index (κ2) is 15.5. The molecule has 4 saturated carbocycles. The van der Waals surface area contributed by atoms with Crippen LogP contribution in [0.5, 0.6) is 0 Å². The van der Waals surface area contributed by atoms with Gasteiger partial charge in [0.1, 0.15) is 0 Å². The molecule has 5 heteroatoms. The molecule has 0 aliphatic heterocycles. The molecule has 9 atom stereocenters. The number of fused-ring (bicyclic) bond motifs is 5. The van der Waals surface area contributed by atoms with Gasteiger partial charge in [-0.3, -0.25) is 0 Å². The lowest BCUT2D eigenvalue weighted by Gasteiger charge is -2.61. The van der Waals surface area contributed by atoms with E-state index in [1.165, 1.54) is 71.1 Å². The molecular weight excluding hydrogens is 473 g/mol. The maximum atomic E-state index is 12.8. The summed E-state index contributed by atoms with van der Waals surface area (Å²) in [6.07, 6.45) is 13.4. The van der Waals surface area contributed by atoms with Gasteiger partial charge in [0.05, 0.1) is 5.92 Å². The van der Waals surface area contributed by atoms with Gasteiger partial charge in [0.25, 0.3) is 0 Å². The van der Waals surface area contributed by atoms with Crippen molar-refractivity contribution in [1.29, 1.82) is 0 Å². The van der Waals surface area contributed by atoms with Gasteiger partial charge in [0.2, 0.25) is 0 Å². The van der Waals surface area contributed by atoms with E-state index in [1.807, 2.05) is 13.8 Å². The van der Waals surface area contributed by atoms with E-state index in [-0.39, 0.29) is 0 Å². The number of aliphatic hydroxyl groups excluding tert-OH is 2. The van der Waals surface area contributed by atoms with Gasteiger partial charge < -0.3 is 10.2 Å². The number of unbranched alkanes of at least 4 members (excludes halogenated alkanes) is 1. The average molecular weight is 535 g/mol. The van der Waals surface area contributed by atoms with Crippen LogP contribution in [-0.4, -0.2) is 30.6 Å². The SMILES string of the molecule is CC.CCC1CCC2(C)C(CCC3C2CCC2(C)C3CC[C@@H]2CCCC[C@H](C)C(F)(F)F)C1.CO.CO. The summed E-state index contributed by atoms with van der Waals surface area (Å²) in [5.74, 6) is 4.28. The maximum Gasteiger partial charge on any atom is 0.391 e. The molecule has 0 aromatic rings. The minimum atomic E-state index is -4.02. The van der Waals surface area contributed by atoms with Crippen molar-refractivity contribution in [3.8, 4) is 0 Å². The second-order valence-electron chi connectivity index (χ2n) is 12.8. The van der Waals surface area contributed by atoms with Crippen molar-refractivity contribution in [2.75, 3.05) is 14.2 Å². The van der Waals surface area contributed by atoms with Gasteiger partial charge in [-0.05, 0) is 117 Å². The topological polar surface area (TPSA) is 40.5 Å². The van der Waals surface area contributed by atoms with Crippen LogP contribution in [0.15, 0.2) is 0 Å². The summed E-state index contributed by atoms with van der Waals surface area (Å²) in [7, 11) is 2.00. The molecule has 4 aliphatic carbocycles. The highest BCUT2D eigenvalue weighted by Gasteiger charge is 2.59. The minimum Gasteiger partial charge on any atom is -0.400 e. The van der Waals surface area contributed by atoms with Crippen molar-refractivity contribution >= 4 is 0 Å². The van der Waals surface area contributed by atoms with E-state index in [1.54, 1.807) is 0 Å². The summed E-state index contributed by atoms with van der Waals surface area (Å²) in [5.41, 5.74) is 1.04. The Kier molecular flexibility index (Phi) is 14.5. The molecule has 4 rings (SSSR count). The average Bonchev–Trinajstić information content (AvgIpc) is 3.25. The Morgan fingerprint density at radius 1 is 0.811 bits per heavy atom. The zero-order valence-electron chi connectivity index (χ0n) is 25.5. The van der Waals surface area contributed by atoms with E-state index in [4.69, 9.17) is 10.2 Å². The van der Waals surface area contributed by atoms with Crippen LogP contribution < -0.4 is 0 Å². The second-order valence-corrected chi connectivity index (χ2v) is 12.8. The number of hydrogen-bond donors (Lipinski definition) is 2. The zero-order valence-corrected chi connectivity index (χ0v) is 25.5. The van der Waals surface area contributed by atoms with E-state index in [0.717, 1.165) is 69.0 Å². The van der Waals surface area contributed by atoms with Crippen molar-refractivity contribution in [2.24, 2.45) is 52.3 Å². The Bertz CT molecular complexity index is 624. The fraction of sp³-hybridized carbons (Fsp3) is 1.00. The first kappa shape index (κ1) is 34.7.